The molecule has 1 aromatic carbocycles. The third kappa shape index (κ3) is 4.05. The number of nitrogens with one attached hydrogen (secondary N) is 1. The van der Waals surface area contributed by atoms with Crippen LogP contribution in [0, 0.1) is 6.92 Å². The molecule has 2 N–H and O–H groups in total. The minimum atomic E-state index is -0.288. The Hall–Kier alpha value is -1.52. The second-order valence-corrected chi connectivity index (χ2v) is 4.26. The third-order valence-electron chi connectivity index (χ3n) is 2.43. The fourth-order valence-electron chi connectivity index (χ4n) is 1.43. The Morgan fingerprint density at radius 2 is 2.33 bits per heavy atom. The molecule has 0 bridgehead atoms. The Labute approximate surface area is 112 Å². The molecule has 0 atom stereocenters. The average molecular weight is 269 g/mol. The highest BCUT2D eigenvalue weighted by molar-refractivity contribution is 6.31. The largest absolute Gasteiger partial charge is 0.395 e. The molecule has 0 saturated carbocycles. The molecule has 0 fully saturated rings. The number of anilines is 1. The van der Waals surface area contributed by atoms with E-state index in [1.165, 1.54) is 4.90 Å². The second-order valence-electron chi connectivity index (χ2n) is 3.85. The summed E-state index contributed by atoms with van der Waals surface area (Å²) in [6.07, 6.45) is 1.61. The lowest BCUT2D eigenvalue weighted by molar-refractivity contribution is 0.195. The number of rotatable bonds is 5. The van der Waals surface area contributed by atoms with Gasteiger partial charge in [-0.1, -0.05) is 23.7 Å². The highest BCUT2D eigenvalue weighted by Gasteiger charge is 2.11. The molecule has 0 spiro atoms. The zero-order chi connectivity index (χ0) is 13.5. The van der Waals surface area contributed by atoms with Gasteiger partial charge in [-0.3, -0.25) is 0 Å². The average Bonchev–Trinajstić information content (AvgIpc) is 2.33. The maximum Gasteiger partial charge on any atom is 0.322 e. The summed E-state index contributed by atoms with van der Waals surface area (Å²) in [6, 6.07) is 5.02. The number of hydrogen-bond acceptors (Lipinski definition) is 2. The van der Waals surface area contributed by atoms with Crippen LogP contribution in [0.4, 0.5) is 10.5 Å². The lowest BCUT2D eigenvalue weighted by Crippen LogP contribution is -2.37. The van der Waals surface area contributed by atoms with E-state index in [4.69, 9.17) is 16.7 Å². The molecule has 98 valence electrons. The Morgan fingerprint density at radius 3 is 2.89 bits per heavy atom. The van der Waals surface area contributed by atoms with Crippen LogP contribution in [0.2, 0.25) is 5.02 Å². The van der Waals surface area contributed by atoms with Crippen molar-refractivity contribution in [1.29, 1.82) is 0 Å². The van der Waals surface area contributed by atoms with Crippen LogP contribution in [0.1, 0.15) is 5.56 Å². The number of carbonyl (C=O) groups is 1. The lowest BCUT2D eigenvalue weighted by atomic mass is 10.2. The molecule has 0 aliphatic heterocycles. The van der Waals surface area contributed by atoms with Gasteiger partial charge in [0.15, 0.2) is 0 Å². The molecular formula is C13H17ClN2O2. The third-order valence-corrected chi connectivity index (χ3v) is 2.84. The van der Waals surface area contributed by atoms with Crippen LogP contribution >= 0.6 is 11.6 Å². The fraction of sp³-hybridized carbons (Fsp3) is 0.308. The van der Waals surface area contributed by atoms with Gasteiger partial charge < -0.3 is 15.3 Å². The van der Waals surface area contributed by atoms with E-state index in [0.717, 1.165) is 5.56 Å². The number of hydrogen-bond donors (Lipinski definition) is 2. The van der Waals surface area contributed by atoms with E-state index in [1.54, 1.807) is 18.2 Å². The quantitative estimate of drug-likeness (QED) is 0.807. The number of benzene rings is 1. The number of aliphatic hydroxyl groups excluding tert-OH is 1. The molecule has 4 nitrogen and oxygen atoms in total. The van der Waals surface area contributed by atoms with Crippen molar-refractivity contribution in [1.82, 2.24) is 4.90 Å². The van der Waals surface area contributed by atoms with Gasteiger partial charge >= 0.3 is 6.03 Å². The number of nitrogens with zero attached hydrogens (tertiary/aromatic N) is 1. The van der Waals surface area contributed by atoms with Crippen molar-refractivity contribution >= 4 is 23.3 Å². The van der Waals surface area contributed by atoms with E-state index in [9.17, 15) is 4.79 Å². The summed E-state index contributed by atoms with van der Waals surface area (Å²) in [5, 5.41) is 12.2. The van der Waals surface area contributed by atoms with Gasteiger partial charge in [0.2, 0.25) is 0 Å². The molecule has 0 aliphatic rings. The molecule has 0 saturated heterocycles. The number of urea groups is 1. The van der Waals surface area contributed by atoms with Gasteiger partial charge in [0.25, 0.3) is 0 Å². The van der Waals surface area contributed by atoms with Gasteiger partial charge in [0.1, 0.15) is 0 Å². The number of aliphatic hydroxyl groups is 1. The lowest BCUT2D eigenvalue weighted by Gasteiger charge is -2.20. The van der Waals surface area contributed by atoms with E-state index >= 15 is 0 Å². The van der Waals surface area contributed by atoms with E-state index in [-0.39, 0.29) is 19.2 Å². The van der Waals surface area contributed by atoms with Gasteiger partial charge in [0, 0.05) is 23.8 Å². The standard InChI is InChI=1S/C13H17ClN2O2/c1-3-6-16(7-8-17)13(18)15-11-5-4-10(2)12(14)9-11/h3-5,9,17H,1,6-8H2,2H3,(H,15,18). The van der Waals surface area contributed by atoms with Crippen molar-refractivity contribution in [2.75, 3.05) is 25.0 Å². The second kappa shape index (κ2) is 7.03. The summed E-state index contributed by atoms with van der Waals surface area (Å²) in [5.74, 6) is 0. The van der Waals surface area contributed by atoms with Crippen LogP contribution in [0.5, 0.6) is 0 Å². The van der Waals surface area contributed by atoms with Gasteiger partial charge in [-0.25, -0.2) is 4.79 Å². The molecule has 18 heavy (non-hydrogen) atoms. The van der Waals surface area contributed by atoms with Crippen molar-refractivity contribution in [3.63, 3.8) is 0 Å². The molecule has 1 rings (SSSR count). The van der Waals surface area contributed by atoms with Gasteiger partial charge in [0.05, 0.1) is 6.61 Å². The first-order chi connectivity index (χ1) is 8.58. The zero-order valence-electron chi connectivity index (χ0n) is 10.3. The van der Waals surface area contributed by atoms with Crippen molar-refractivity contribution in [2.24, 2.45) is 0 Å². The van der Waals surface area contributed by atoms with E-state index < -0.39 is 0 Å². The Kier molecular flexibility index (Phi) is 5.68. The highest BCUT2D eigenvalue weighted by atomic mass is 35.5. The van der Waals surface area contributed by atoms with Crippen LogP contribution in [-0.2, 0) is 0 Å². The minimum Gasteiger partial charge on any atom is -0.395 e. The van der Waals surface area contributed by atoms with Gasteiger partial charge in [-0.15, -0.1) is 6.58 Å². The molecule has 1 aromatic rings. The summed E-state index contributed by atoms with van der Waals surface area (Å²) >= 11 is 5.98. The summed E-state index contributed by atoms with van der Waals surface area (Å²) in [7, 11) is 0. The van der Waals surface area contributed by atoms with Crippen molar-refractivity contribution < 1.29 is 9.90 Å². The smallest absolute Gasteiger partial charge is 0.322 e. The predicted octanol–water partition coefficient (Wildman–Crippen LogP) is 2.66. The predicted molar refractivity (Wildman–Crippen MR) is 74.1 cm³/mol. The monoisotopic (exact) mass is 268 g/mol. The van der Waals surface area contributed by atoms with Gasteiger partial charge in [-0.05, 0) is 24.6 Å². The molecule has 0 radical (unpaired) electrons. The SMILES string of the molecule is C=CCN(CCO)C(=O)Nc1ccc(C)c(Cl)c1. The van der Waals surface area contributed by atoms with Crippen LogP contribution in [0.25, 0.3) is 0 Å². The van der Waals surface area contributed by atoms with Crippen molar-refractivity contribution in [3.05, 3.63) is 41.4 Å². The fourth-order valence-corrected chi connectivity index (χ4v) is 1.61. The van der Waals surface area contributed by atoms with Gasteiger partial charge in [-0.2, -0.15) is 0 Å². The van der Waals surface area contributed by atoms with E-state index in [0.29, 0.717) is 17.3 Å². The summed E-state index contributed by atoms with van der Waals surface area (Å²) in [4.78, 5) is 13.4. The molecule has 5 heteroatoms. The van der Waals surface area contributed by atoms with E-state index in [1.807, 2.05) is 13.0 Å². The first-order valence-corrected chi connectivity index (χ1v) is 6.00. The topological polar surface area (TPSA) is 52.6 Å². The molecule has 0 heterocycles. The Morgan fingerprint density at radius 1 is 1.61 bits per heavy atom. The number of amides is 2. The number of carbonyl (C=O) groups excluding carboxylic acids is 1. The van der Waals surface area contributed by atoms with Crippen LogP contribution < -0.4 is 5.32 Å². The maximum absolute atomic E-state index is 11.9. The summed E-state index contributed by atoms with van der Waals surface area (Å²) < 4.78 is 0. The van der Waals surface area contributed by atoms with Crippen molar-refractivity contribution in [2.45, 2.75) is 6.92 Å². The molecule has 2 amide bonds. The normalized spacial score (nSPS) is 9.94. The Balaban J connectivity index is 2.72. The highest BCUT2D eigenvalue weighted by Crippen LogP contribution is 2.20. The van der Waals surface area contributed by atoms with Crippen LogP contribution in [-0.4, -0.2) is 35.7 Å². The zero-order valence-corrected chi connectivity index (χ0v) is 11.1. The van der Waals surface area contributed by atoms with Crippen molar-refractivity contribution in [3.8, 4) is 0 Å². The molecule has 0 unspecified atom stereocenters. The summed E-state index contributed by atoms with van der Waals surface area (Å²) in [6.45, 7) is 6.02. The Bertz CT molecular complexity index is 435. The minimum absolute atomic E-state index is 0.0874. The van der Waals surface area contributed by atoms with Crippen LogP contribution in [0.15, 0.2) is 30.9 Å². The molecular weight excluding hydrogens is 252 g/mol. The van der Waals surface area contributed by atoms with Crippen LogP contribution in [0.3, 0.4) is 0 Å². The first-order valence-electron chi connectivity index (χ1n) is 5.62. The number of halogens is 1. The molecule has 0 aromatic heterocycles. The maximum atomic E-state index is 11.9. The first kappa shape index (κ1) is 14.5. The molecule has 0 aliphatic carbocycles. The number of aryl methyl sites for hydroxylation is 1. The summed E-state index contributed by atoms with van der Waals surface area (Å²) in [5.41, 5.74) is 1.58. The van der Waals surface area contributed by atoms with E-state index in [2.05, 4.69) is 11.9 Å².